The van der Waals surface area contributed by atoms with Gasteiger partial charge in [0.15, 0.2) is 0 Å². The largest absolute Gasteiger partial charge is 0.416 e. The summed E-state index contributed by atoms with van der Waals surface area (Å²) in [5.41, 5.74) is -0.329. The van der Waals surface area contributed by atoms with Crippen molar-refractivity contribution in [3.63, 3.8) is 0 Å². The molecule has 5 heteroatoms. The summed E-state index contributed by atoms with van der Waals surface area (Å²) in [7, 11) is 0. The van der Waals surface area contributed by atoms with Gasteiger partial charge in [0.2, 0.25) is 0 Å². The molecule has 0 amide bonds. The van der Waals surface area contributed by atoms with Gasteiger partial charge in [-0.2, -0.15) is 13.2 Å². The lowest BCUT2D eigenvalue weighted by Gasteiger charge is -2.28. The van der Waals surface area contributed by atoms with Crippen LogP contribution in [0.2, 0.25) is 0 Å². The van der Waals surface area contributed by atoms with Gasteiger partial charge in [0, 0.05) is 18.3 Å². The second-order valence-corrected chi connectivity index (χ2v) is 4.38. The number of rotatable bonds is 4. The minimum atomic E-state index is -4.44. The van der Waals surface area contributed by atoms with Gasteiger partial charge in [-0.05, 0) is 38.5 Å². The average Bonchev–Trinajstić information content (AvgIpc) is 2.28. The van der Waals surface area contributed by atoms with Crippen molar-refractivity contribution in [3.05, 3.63) is 29.3 Å². The fourth-order valence-corrected chi connectivity index (χ4v) is 1.99. The van der Waals surface area contributed by atoms with Gasteiger partial charge in [0.1, 0.15) is 0 Å². The Labute approximate surface area is 105 Å². The quantitative estimate of drug-likeness (QED) is 0.897. The second-order valence-electron chi connectivity index (χ2n) is 4.38. The highest BCUT2D eigenvalue weighted by atomic mass is 19.4. The Kier molecular flexibility index (Phi) is 4.62. The maximum Gasteiger partial charge on any atom is 0.416 e. The van der Waals surface area contributed by atoms with E-state index in [1.54, 1.807) is 6.07 Å². The Morgan fingerprint density at radius 3 is 2.28 bits per heavy atom. The highest BCUT2D eigenvalue weighted by Gasteiger charge is 2.33. The molecule has 0 radical (unpaired) electrons. The molecule has 1 aromatic carbocycles. The first-order valence-electron chi connectivity index (χ1n) is 5.88. The molecule has 2 nitrogen and oxygen atoms in total. The van der Waals surface area contributed by atoms with Gasteiger partial charge in [-0.3, -0.25) is 0 Å². The third-order valence-corrected chi connectivity index (χ3v) is 2.86. The normalized spacial score (nSPS) is 12.0. The number of aliphatic hydroxyl groups excluding tert-OH is 1. The highest BCUT2D eigenvalue weighted by Crippen LogP contribution is 2.35. The van der Waals surface area contributed by atoms with Gasteiger partial charge >= 0.3 is 6.18 Å². The summed E-state index contributed by atoms with van der Waals surface area (Å²) in [4.78, 5) is 1.87. The van der Waals surface area contributed by atoms with Crippen LogP contribution in [0.25, 0.3) is 0 Å². The predicted molar refractivity (Wildman–Crippen MR) is 65.5 cm³/mol. The smallest absolute Gasteiger partial charge is 0.392 e. The van der Waals surface area contributed by atoms with E-state index in [2.05, 4.69) is 0 Å². The van der Waals surface area contributed by atoms with Crippen LogP contribution in [0, 0.1) is 0 Å². The molecule has 102 valence electrons. The molecule has 0 spiro atoms. The summed E-state index contributed by atoms with van der Waals surface area (Å²) in [6, 6.07) is 4.18. The van der Waals surface area contributed by atoms with E-state index in [0.29, 0.717) is 12.2 Å². The zero-order valence-electron chi connectivity index (χ0n) is 10.8. The lowest BCUT2D eigenvalue weighted by atomic mass is 10.1. The van der Waals surface area contributed by atoms with E-state index in [0.717, 1.165) is 6.07 Å². The van der Waals surface area contributed by atoms with Crippen LogP contribution >= 0.6 is 0 Å². The van der Waals surface area contributed by atoms with Crippen LogP contribution in [0.4, 0.5) is 18.9 Å². The van der Waals surface area contributed by atoms with Crippen LogP contribution in [0.3, 0.4) is 0 Å². The lowest BCUT2D eigenvalue weighted by Crippen LogP contribution is -2.30. The van der Waals surface area contributed by atoms with Crippen LogP contribution in [-0.4, -0.2) is 17.7 Å². The molecule has 0 aromatic heterocycles. The van der Waals surface area contributed by atoms with E-state index in [4.69, 9.17) is 5.11 Å². The van der Waals surface area contributed by atoms with Crippen LogP contribution in [0.5, 0.6) is 0 Å². The number of benzene rings is 1. The molecule has 0 saturated heterocycles. The van der Waals surface area contributed by atoms with Crippen LogP contribution in [-0.2, 0) is 12.8 Å². The number of anilines is 1. The van der Waals surface area contributed by atoms with E-state index in [-0.39, 0.29) is 11.6 Å². The zero-order chi connectivity index (χ0) is 13.9. The fourth-order valence-electron chi connectivity index (χ4n) is 1.99. The predicted octanol–water partition coefficient (Wildman–Crippen LogP) is 3.43. The molecule has 0 fully saturated rings. The number of alkyl halides is 3. The van der Waals surface area contributed by atoms with Gasteiger partial charge < -0.3 is 10.0 Å². The molecule has 0 atom stereocenters. The highest BCUT2D eigenvalue weighted by molar-refractivity contribution is 5.52. The van der Waals surface area contributed by atoms with E-state index < -0.39 is 18.3 Å². The average molecular weight is 261 g/mol. The van der Waals surface area contributed by atoms with Crippen LogP contribution < -0.4 is 4.90 Å². The summed E-state index contributed by atoms with van der Waals surface area (Å²) >= 11 is 0. The Bertz CT molecular complexity index is 402. The lowest BCUT2D eigenvalue weighted by molar-refractivity contribution is -0.138. The molecule has 0 aliphatic heterocycles. The van der Waals surface area contributed by atoms with Gasteiger partial charge in [0.25, 0.3) is 0 Å². The summed E-state index contributed by atoms with van der Waals surface area (Å²) in [6.07, 6.45) is -4.44. The van der Waals surface area contributed by atoms with E-state index >= 15 is 0 Å². The second kappa shape index (κ2) is 5.61. The molecule has 1 rings (SSSR count). The Morgan fingerprint density at radius 1 is 1.28 bits per heavy atom. The maximum atomic E-state index is 12.9. The molecule has 0 heterocycles. The van der Waals surface area contributed by atoms with Crippen molar-refractivity contribution in [3.8, 4) is 0 Å². The molecule has 0 aliphatic carbocycles. The molecule has 0 aliphatic rings. The molecule has 0 bridgehead atoms. The van der Waals surface area contributed by atoms with Gasteiger partial charge in [-0.1, -0.05) is 6.07 Å². The summed E-state index contributed by atoms with van der Waals surface area (Å²) in [6.45, 7) is 5.77. The third kappa shape index (κ3) is 3.16. The molecule has 0 saturated carbocycles. The summed E-state index contributed by atoms with van der Waals surface area (Å²) in [5.74, 6) is 0. The van der Waals surface area contributed by atoms with Crippen molar-refractivity contribution in [1.29, 1.82) is 0 Å². The summed E-state index contributed by atoms with van der Waals surface area (Å²) < 4.78 is 38.6. The van der Waals surface area contributed by atoms with Crippen molar-refractivity contribution < 1.29 is 18.3 Å². The Morgan fingerprint density at radius 2 is 1.89 bits per heavy atom. The number of halogens is 3. The topological polar surface area (TPSA) is 23.5 Å². The monoisotopic (exact) mass is 261 g/mol. The molecule has 1 N–H and O–H groups in total. The van der Waals surface area contributed by atoms with Crippen molar-refractivity contribution >= 4 is 5.69 Å². The standard InChI is InChI=1S/C13H18F3NO/c1-4-17(9(2)3)11-6-5-10(8-18)12(7-11)13(14,15)16/h5-7,9,18H,4,8H2,1-3H3. The van der Waals surface area contributed by atoms with Crippen LogP contribution in [0.1, 0.15) is 31.9 Å². The number of nitrogens with zero attached hydrogens (tertiary/aromatic N) is 1. The minimum absolute atomic E-state index is 0.0916. The van der Waals surface area contributed by atoms with Crippen molar-refractivity contribution in [1.82, 2.24) is 0 Å². The fraction of sp³-hybridized carbons (Fsp3) is 0.538. The Hall–Kier alpha value is -1.23. The van der Waals surface area contributed by atoms with Crippen molar-refractivity contribution in [2.45, 2.75) is 39.6 Å². The van der Waals surface area contributed by atoms with E-state index in [1.165, 1.54) is 6.07 Å². The number of aliphatic hydroxyl groups is 1. The first-order valence-corrected chi connectivity index (χ1v) is 5.88. The molecular formula is C13H18F3NO. The van der Waals surface area contributed by atoms with Gasteiger partial charge in [-0.25, -0.2) is 0 Å². The molecule has 0 unspecified atom stereocenters. The number of hydrogen-bond acceptors (Lipinski definition) is 2. The molecule has 18 heavy (non-hydrogen) atoms. The first kappa shape index (κ1) is 14.8. The van der Waals surface area contributed by atoms with E-state index in [9.17, 15) is 13.2 Å². The maximum absolute atomic E-state index is 12.9. The Balaban J connectivity index is 3.26. The van der Waals surface area contributed by atoms with Gasteiger partial charge in [0.05, 0.1) is 12.2 Å². The minimum Gasteiger partial charge on any atom is -0.392 e. The third-order valence-electron chi connectivity index (χ3n) is 2.86. The molecule has 1 aromatic rings. The van der Waals surface area contributed by atoms with E-state index in [1.807, 2.05) is 25.7 Å². The van der Waals surface area contributed by atoms with Crippen LogP contribution in [0.15, 0.2) is 18.2 Å². The zero-order valence-corrected chi connectivity index (χ0v) is 10.8. The summed E-state index contributed by atoms with van der Waals surface area (Å²) in [5, 5.41) is 8.96. The SMILES string of the molecule is CCN(c1ccc(CO)c(C(F)(F)F)c1)C(C)C. The van der Waals surface area contributed by atoms with Crippen molar-refractivity contribution in [2.24, 2.45) is 0 Å². The first-order chi connectivity index (χ1) is 8.31. The van der Waals surface area contributed by atoms with Gasteiger partial charge in [-0.15, -0.1) is 0 Å². The van der Waals surface area contributed by atoms with Crippen molar-refractivity contribution in [2.75, 3.05) is 11.4 Å². The number of hydrogen-bond donors (Lipinski definition) is 1. The molecular weight excluding hydrogens is 243 g/mol.